The van der Waals surface area contributed by atoms with E-state index in [1.807, 2.05) is 74.5 Å². The molecule has 2 heterocycles. The summed E-state index contributed by atoms with van der Waals surface area (Å²) in [5.74, 6) is -0.169. The average molecular weight is 487 g/mol. The van der Waals surface area contributed by atoms with E-state index in [4.69, 9.17) is 8.83 Å². The smallest absolute Gasteiger partial charge is 0.274 e. The van der Waals surface area contributed by atoms with Crippen LogP contribution in [0.5, 0.6) is 0 Å². The van der Waals surface area contributed by atoms with Crippen molar-refractivity contribution in [1.29, 1.82) is 0 Å². The van der Waals surface area contributed by atoms with Crippen molar-refractivity contribution in [2.45, 2.75) is 39.5 Å². The predicted octanol–water partition coefficient (Wildman–Crippen LogP) is 5.72. The third-order valence-corrected chi connectivity index (χ3v) is 5.56. The summed E-state index contributed by atoms with van der Waals surface area (Å²) in [7, 11) is 0. The van der Waals surface area contributed by atoms with Gasteiger partial charge in [-0.25, -0.2) is 9.97 Å². The van der Waals surface area contributed by atoms with Crippen LogP contribution in [0.4, 0.5) is 0 Å². The highest BCUT2D eigenvalue weighted by molar-refractivity contribution is 6.02. The van der Waals surface area contributed by atoms with Gasteiger partial charge in [0.25, 0.3) is 11.8 Å². The lowest BCUT2D eigenvalue weighted by Gasteiger charge is -2.04. The number of hydrogen-bond acceptors (Lipinski definition) is 6. The van der Waals surface area contributed by atoms with Gasteiger partial charge in [-0.2, -0.15) is 0 Å². The summed E-state index contributed by atoms with van der Waals surface area (Å²) in [6, 6.07) is 18.5. The van der Waals surface area contributed by atoms with Crippen molar-refractivity contribution >= 4 is 11.8 Å². The first kappa shape index (κ1) is 24.9. The van der Waals surface area contributed by atoms with Crippen LogP contribution >= 0.6 is 0 Å². The molecule has 0 aliphatic rings. The lowest BCUT2D eigenvalue weighted by atomic mass is 10.2. The van der Waals surface area contributed by atoms with Crippen LogP contribution in [0.3, 0.4) is 0 Å². The SMILES string of the molecule is CCCCNC(=O)c1nc(-c2ccccc2)oc1-c1oc(-c2ccccc2)nc1C(=O)NCCCC. The van der Waals surface area contributed by atoms with Crippen molar-refractivity contribution in [3.63, 3.8) is 0 Å². The largest absolute Gasteiger partial charge is 0.432 e. The summed E-state index contributed by atoms with van der Waals surface area (Å²) in [5, 5.41) is 5.76. The lowest BCUT2D eigenvalue weighted by molar-refractivity contribution is 0.0938. The van der Waals surface area contributed by atoms with Gasteiger partial charge in [0.15, 0.2) is 11.4 Å². The minimum atomic E-state index is -0.403. The maximum atomic E-state index is 13.1. The Bertz CT molecular complexity index is 1190. The second-order valence-electron chi connectivity index (χ2n) is 8.34. The summed E-state index contributed by atoms with van der Waals surface area (Å²) in [4.78, 5) is 35.3. The summed E-state index contributed by atoms with van der Waals surface area (Å²) >= 11 is 0. The zero-order chi connectivity index (χ0) is 25.3. The van der Waals surface area contributed by atoms with Crippen molar-refractivity contribution in [3.8, 4) is 34.4 Å². The highest BCUT2D eigenvalue weighted by Crippen LogP contribution is 2.35. The topological polar surface area (TPSA) is 110 Å². The van der Waals surface area contributed by atoms with E-state index in [0.717, 1.165) is 25.7 Å². The monoisotopic (exact) mass is 486 g/mol. The van der Waals surface area contributed by atoms with Crippen molar-refractivity contribution in [3.05, 3.63) is 72.1 Å². The van der Waals surface area contributed by atoms with Gasteiger partial charge in [-0.05, 0) is 37.1 Å². The van der Waals surface area contributed by atoms with E-state index < -0.39 is 11.8 Å². The molecule has 0 fully saturated rings. The molecule has 0 aliphatic heterocycles. The number of oxazole rings is 2. The molecule has 0 saturated heterocycles. The van der Waals surface area contributed by atoms with Crippen LogP contribution < -0.4 is 10.6 Å². The molecule has 0 radical (unpaired) electrons. The van der Waals surface area contributed by atoms with E-state index in [1.54, 1.807) is 0 Å². The molecule has 0 aliphatic carbocycles. The van der Waals surface area contributed by atoms with Crippen LogP contribution in [-0.2, 0) is 0 Å². The Morgan fingerprint density at radius 3 is 1.42 bits per heavy atom. The lowest BCUT2D eigenvalue weighted by Crippen LogP contribution is -2.26. The van der Waals surface area contributed by atoms with Gasteiger partial charge >= 0.3 is 0 Å². The molecule has 0 unspecified atom stereocenters. The van der Waals surface area contributed by atoms with Crippen LogP contribution in [0.2, 0.25) is 0 Å². The second-order valence-corrected chi connectivity index (χ2v) is 8.34. The molecular formula is C28H30N4O4. The van der Waals surface area contributed by atoms with Gasteiger partial charge in [-0.3, -0.25) is 9.59 Å². The molecule has 2 aromatic carbocycles. The number of aromatic nitrogens is 2. The van der Waals surface area contributed by atoms with Gasteiger partial charge in [0.1, 0.15) is 0 Å². The van der Waals surface area contributed by atoms with E-state index in [9.17, 15) is 9.59 Å². The van der Waals surface area contributed by atoms with Crippen LogP contribution in [0.1, 0.15) is 60.5 Å². The molecule has 8 nitrogen and oxygen atoms in total. The Morgan fingerprint density at radius 1 is 0.667 bits per heavy atom. The number of carbonyl (C=O) groups is 2. The zero-order valence-electron chi connectivity index (χ0n) is 20.5. The number of rotatable bonds is 11. The summed E-state index contributed by atoms with van der Waals surface area (Å²) in [5.41, 5.74) is 1.48. The number of nitrogens with one attached hydrogen (secondary N) is 2. The highest BCUT2D eigenvalue weighted by atomic mass is 16.4. The molecule has 36 heavy (non-hydrogen) atoms. The number of amides is 2. The average Bonchev–Trinajstić information content (AvgIpc) is 3.55. The normalized spacial score (nSPS) is 10.8. The molecule has 4 rings (SSSR count). The highest BCUT2D eigenvalue weighted by Gasteiger charge is 2.31. The molecular weight excluding hydrogens is 456 g/mol. The number of carbonyl (C=O) groups excluding carboxylic acids is 2. The van der Waals surface area contributed by atoms with Crippen LogP contribution in [0.15, 0.2) is 69.5 Å². The van der Waals surface area contributed by atoms with Gasteiger partial charge in [-0.15, -0.1) is 0 Å². The van der Waals surface area contributed by atoms with Gasteiger partial charge in [-0.1, -0.05) is 63.1 Å². The fourth-order valence-electron chi connectivity index (χ4n) is 3.59. The second kappa shape index (κ2) is 12.0. The number of hydrogen-bond donors (Lipinski definition) is 2. The van der Waals surface area contributed by atoms with Gasteiger partial charge < -0.3 is 19.5 Å². The van der Waals surface area contributed by atoms with Gasteiger partial charge in [0, 0.05) is 24.2 Å². The Balaban J connectivity index is 1.82. The number of unbranched alkanes of at least 4 members (excludes halogenated alkanes) is 2. The first-order valence-corrected chi connectivity index (χ1v) is 12.3. The molecule has 0 spiro atoms. The third kappa shape index (κ3) is 5.71. The van der Waals surface area contributed by atoms with E-state index >= 15 is 0 Å². The summed E-state index contributed by atoms with van der Waals surface area (Å²) < 4.78 is 12.2. The maximum Gasteiger partial charge on any atom is 0.274 e. The summed E-state index contributed by atoms with van der Waals surface area (Å²) in [6.45, 7) is 5.09. The first-order chi connectivity index (χ1) is 17.6. The minimum absolute atomic E-state index is 0.0447. The third-order valence-electron chi connectivity index (χ3n) is 5.56. The van der Waals surface area contributed by atoms with Gasteiger partial charge in [0.2, 0.25) is 23.3 Å². The molecule has 0 bridgehead atoms. The zero-order valence-corrected chi connectivity index (χ0v) is 20.5. The number of benzene rings is 2. The summed E-state index contributed by atoms with van der Waals surface area (Å²) in [6.07, 6.45) is 3.53. The Morgan fingerprint density at radius 2 is 1.06 bits per heavy atom. The van der Waals surface area contributed by atoms with Crippen molar-refractivity contribution < 1.29 is 18.4 Å². The first-order valence-electron chi connectivity index (χ1n) is 12.3. The standard InChI is InChI=1S/C28H30N4O4/c1-3-5-17-29-25(33)21-23(35-27(31-21)19-13-9-7-10-14-19)24-22(26(34)30-18-6-4-2)32-28(36-24)20-15-11-8-12-16-20/h7-16H,3-6,17-18H2,1-2H3,(H,29,33)(H,30,34). The molecule has 4 aromatic rings. The minimum Gasteiger partial charge on any atom is -0.432 e. The predicted molar refractivity (Wildman–Crippen MR) is 137 cm³/mol. The Labute approximate surface area is 210 Å². The number of nitrogens with zero attached hydrogens (tertiary/aromatic N) is 2. The molecule has 0 saturated carbocycles. The van der Waals surface area contributed by atoms with E-state index in [-0.39, 0.29) is 34.7 Å². The van der Waals surface area contributed by atoms with E-state index in [1.165, 1.54) is 0 Å². The Hall–Kier alpha value is -4.20. The van der Waals surface area contributed by atoms with Crippen LogP contribution in [0.25, 0.3) is 34.4 Å². The fourth-order valence-corrected chi connectivity index (χ4v) is 3.59. The van der Waals surface area contributed by atoms with Crippen molar-refractivity contribution in [2.75, 3.05) is 13.1 Å². The maximum absolute atomic E-state index is 13.1. The molecule has 2 aromatic heterocycles. The molecule has 0 atom stereocenters. The van der Waals surface area contributed by atoms with E-state index in [2.05, 4.69) is 20.6 Å². The molecule has 186 valence electrons. The van der Waals surface area contributed by atoms with E-state index in [0.29, 0.717) is 24.2 Å². The van der Waals surface area contributed by atoms with Crippen molar-refractivity contribution in [2.24, 2.45) is 0 Å². The van der Waals surface area contributed by atoms with Crippen molar-refractivity contribution in [1.82, 2.24) is 20.6 Å². The fraction of sp³-hybridized carbons (Fsp3) is 0.286. The van der Waals surface area contributed by atoms with Gasteiger partial charge in [0.05, 0.1) is 0 Å². The molecule has 8 heteroatoms. The van der Waals surface area contributed by atoms with Crippen LogP contribution in [-0.4, -0.2) is 34.9 Å². The Kier molecular flexibility index (Phi) is 8.28. The quantitative estimate of drug-likeness (QED) is 0.262. The van der Waals surface area contributed by atoms with Crippen LogP contribution in [0, 0.1) is 0 Å². The molecule has 2 amide bonds. The molecule has 2 N–H and O–H groups in total.